The van der Waals surface area contributed by atoms with Crippen molar-refractivity contribution in [2.75, 3.05) is 7.11 Å². The second kappa shape index (κ2) is 11.4. The van der Waals surface area contributed by atoms with Crippen LogP contribution in [0, 0.1) is 11.8 Å². The largest absolute Gasteiger partial charge is 0.497 e. The lowest BCUT2D eigenvalue weighted by Gasteiger charge is -2.06. The van der Waals surface area contributed by atoms with Crippen molar-refractivity contribution in [2.45, 2.75) is 43.9 Å². The summed E-state index contributed by atoms with van der Waals surface area (Å²) >= 11 is 1.83. The maximum atomic E-state index is 5.18. The molecule has 2 aromatic carbocycles. The van der Waals surface area contributed by atoms with Crippen LogP contribution in [-0.4, -0.2) is 7.11 Å². The van der Waals surface area contributed by atoms with Gasteiger partial charge in [0.15, 0.2) is 0 Å². The third kappa shape index (κ3) is 7.54. The highest BCUT2D eigenvalue weighted by atomic mass is 32.2. The van der Waals surface area contributed by atoms with Gasteiger partial charge in [-0.2, -0.15) is 0 Å². The predicted octanol–water partition coefficient (Wildman–Crippen LogP) is 6.69. The van der Waals surface area contributed by atoms with Crippen molar-refractivity contribution in [3.05, 3.63) is 71.1 Å². The Hall–Kier alpha value is -2.11. The number of ether oxygens (including phenoxy) is 1. The molecule has 0 unspecified atom stereocenters. The van der Waals surface area contributed by atoms with Crippen LogP contribution in [0.3, 0.4) is 0 Å². The molecule has 0 atom stereocenters. The maximum Gasteiger partial charge on any atom is 0.118 e. The van der Waals surface area contributed by atoms with Crippen molar-refractivity contribution >= 4 is 11.8 Å². The lowest BCUT2D eigenvalue weighted by molar-refractivity contribution is 0.415. The van der Waals surface area contributed by atoms with E-state index in [1.807, 2.05) is 36.0 Å². The van der Waals surface area contributed by atoms with E-state index in [0.717, 1.165) is 17.7 Å². The van der Waals surface area contributed by atoms with Gasteiger partial charge in [-0.05, 0) is 60.2 Å². The minimum atomic E-state index is 0.859. The van der Waals surface area contributed by atoms with Gasteiger partial charge in [-0.15, -0.1) is 0 Å². The Morgan fingerprint density at radius 3 is 2.44 bits per heavy atom. The summed E-state index contributed by atoms with van der Waals surface area (Å²) in [5.74, 6) is 7.30. The van der Waals surface area contributed by atoms with E-state index in [4.69, 9.17) is 4.74 Å². The maximum absolute atomic E-state index is 5.18. The van der Waals surface area contributed by atoms with Gasteiger partial charge in [-0.1, -0.05) is 68.0 Å². The summed E-state index contributed by atoms with van der Waals surface area (Å²) in [7, 11) is 1.68. The molecular formula is C23H26OS. The number of rotatable bonds is 8. The average molecular weight is 351 g/mol. The van der Waals surface area contributed by atoms with E-state index < -0.39 is 0 Å². The smallest absolute Gasteiger partial charge is 0.118 e. The summed E-state index contributed by atoms with van der Waals surface area (Å²) in [6.45, 7) is 2.25. The van der Waals surface area contributed by atoms with Crippen LogP contribution >= 0.6 is 11.8 Å². The van der Waals surface area contributed by atoms with Gasteiger partial charge in [0.1, 0.15) is 5.75 Å². The molecule has 0 heterocycles. The molecule has 0 spiro atoms. The summed E-state index contributed by atoms with van der Waals surface area (Å²) in [5.41, 5.74) is 1.01. The topological polar surface area (TPSA) is 9.23 Å². The van der Waals surface area contributed by atoms with Crippen molar-refractivity contribution in [1.82, 2.24) is 0 Å². The van der Waals surface area contributed by atoms with Crippen LogP contribution < -0.4 is 4.74 Å². The van der Waals surface area contributed by atoms with E-state index in [1.165, 1.54) is 35.5 Å². The van der Waals surface area contributed by atoms with Crippen LogP contribution in [0.5, 0.6) is 5.75 Å². The summed E-state index contributed by atoms with van der Waals surface area (Å²) < 4.78 is 5.18. The van der Waals surface area contributed by atoms with Crippen LogP contribution in [0.4, 0.5) is 0 Å². The third-order valence-corrected chi connectivity index (χ3v) is 4.90. The Kier molecular flexibility index (Phi) is 8.80. The number of benzene rings is 2. The molecule has 2 aromatic rings. The first-order valence-electron chi connectivity index (χ1n) is 8.89. The van der Waals surface area contributed by atoms with Gasteiger partial charge in [0.2, 0.25) is 0 Å². The Morgan fingerprint density at radius 1 is 1.00 bits per heavy atom. The Morgan fingerprint density at radius 2 is 1.76 bits per heavy atom. The van der Waals surface area contributed by atoms with E-state index in [2.05, 4.69) is 55.2 Å². The summed E-state index contributed by atoms with van der Waals surface area (Å²) in [6, 6.07) is 18.4. The van der Waals surface area contributed by atoms with Crippen LogP contribution in [0.25, 0.3) is 0 Å². The summed E-state index contributed by atoms with van der Waals surface area (Å²) in [4.78, 5) is 2.61. The van der Waals surface area contributed by atoms with E-state index in [9.17, 15) is 0 Å². The Balaban J connectivity index is 2.04. The zero-order chi connectivity index (χ0) is 17.7. The molecule has 0 N–H and O–H groups in total. The zero-order valence-electron chi connectivity index (χ0n) is 15.1. The highest BCUT2D eigenvalue weighted by Gasteiger charge is 2.00. The molecular weight excluding hydrogens is 324 g/mol. The molecule has 0 aliphatic carbocycles. The molecule has 2 heteroatoms. The number of thioether (sulfide) groups is 1. The predicted molar refractivity (Wildman–Crippen MR) is 109 cm³/mol. The van der Waals surface area contributed by atoms with Crippen LogP contribution in [0.1, 0.15) is 44.6 Å². The number of hydrogen-bond acceptors (Lipinski definition) is 2. The lowest BCUT2D eigenvalue weighted by atomic mass is 10.1. The minimum absolute atomic E-state index is 0.859. The molecule has 0 aliphatic rings. The highest BCUT2D eigenvalue weighted by molar-refractivity contribution is 8.03. The summed E-state index contributed by atoms with van der Waals surface area (Å²) in [5, 5.41) is 0. The van der Waals surface area contributed by atoms with Gasteiger partial charge in [-0.3, -0.25) is 0 Å². The van der Waals surface area contributed by atoms with Gasteiger partial charge in [0.25, 0.3) is 0 Å². The SMILES string of the molecule is CCCCCC/C(=C\C#Cc1ccc(OC)cc1)Sc1ccccc1. The van der Waals surface area contributed by atoms with Crippen molar-refractivity contribution in [2.24, 2.45) is 0 Å². The molecule has 0 aromatic heterocycles. The fourth-order valence-electron chi connectivity index (χ4n) is 2.39. The van der Waals surface area contributed by atoms with Crippen molar-refractivity contribution in [3.8, 4) is 17.6 Å². The number of methoxy groups -OCH3 is 1. The van der Waals surface area contributed by atoms with Crippen LogP contribution in [-0.2, 0) is 0 Å². The molecule has 1 nitrogen and oxygen atoms in total. The fourth-order valence-corrected chi connectivity index (χ4v) is 3.35. The van der Waals surface area contributed by atoms with Gasteiger partial charge < -0.3 is 4.74 Å². The van der Waals surface area contributed by atoms with E-state index in [1.54, 1.807) is 7.11 Å². The average Bonchev–Trinajstić information content (AvgIpc) is 2.66. The minimum Gasteiger partial charge on any atom is -0.497 e. The van der Waals surface area contributed by atoms with Crippen LogP contribution in [0.2, 0.25) is 0 Å². The van der Waals surface area contributed by atoms with E-state index in [0.29, 0.717) is 0 Å². The molecule has 0 saturated heterocycles. The van der Waals surface area contributed by atoms with E-state index in [-0.39, 0.29) is 0 Å². The molecule has 0 aliphatic heterocycles. The lowest BCUT2D eigenvalue weighted by Crippen LogP contribution is -1.83. The van der Waals surface area contributed by atoms with Crippen molar-refractivity contribution < 1.29 is 4.74 Å². The van der Waals surface area contributed by atoms with Gasteiger partial charge in [0.05, 0.1) is 7.11 Å². The molecule has 25 heavy (non-hydrogen) atoms. The van der Waals surface area contributed by atoms with Crippen molar-refractivity contribution in [3.63, 3.8) is 0 Å². The number of allylic oxidation sites excluding steroid dienone is 2. The standard InChI is InChI=1S/C23H26OS/c1-3-4-5-7-12-23(25-22-13-8-6-9-14-22)15-10-11-20-16-18-21(24-2)19-17-20/h6,8-9,13-19H,3-5,7,12H2,1-2H3/b23-15+. The first kappa shape index (κ1) is 19.2. The summed E-state index contributed by atoms with van der Waals surface area (Å²) in [6.07, 6.45) is 8.26. The first-order valence-corrected chi connectivity index (χ1v) is 9.71. The number of unbranched alkanes of at least 4 members (excludes halogenated alkanes) is 3. The monoisotopic (exact) mass is 350 g/mol. The van der Waals surface area contributed by atoms with Gasteiger partial charge in [0, 0.05) is 10.5 Å². The molecule has 0 bridgehead atoms. The molecule has 0 radical (unpaired) electrons. The molecule has 0 fully saturated rings. The second-order valence-electron chi connectivity index (χ2n) is 5.83. The normalized spacial score (nSPS) is 10.9. The zero-order valence-corrected chi connectivity index (χ0v) is 15.9. The van der Waals surface area contributed by atoms with E-state index >= 15 is 0 Å². The quantitative estimate of drug-likeness (QED) is 0.298. The Bertz CT molecular complexity index is 705. The second-order valence-corrected chi connectivity index (χ2v) is 7.03. The molecule has 2 rings (SSSR count). The van der Waals surface area contributed by atoms with Gasteiger partial charge >= 0.3 is 0 Å². The van der Waals surface area contributed by atoms with Gasteiger partial charge in [-0.25, -0.2) is 0 Å². The fraction of sp³-hybridized carbons (Fsp3) is 0.304. The third-order valence-electron chi connectivity index (χ3n) is 3.81. The molecule has 0 saturated carbocycles. The molecule has 0 amide bonds. The molecule has 130 valence electrons. The first-order chi connectivity index (χ1) is 12.3. The van der Waals surface area contributed by atoms with Crippen molar-refractivity contribution in [1.29, 1.82) is 0 Å². The highest BCUT2D eigenvalue weighted by Crippen LogP contribution is 2.30. The van der Waals surface area contributed by atoms with Crippen LogP contribution in [0.15, 0.2) is 70.5 Å². The Labute approximate surface area is 156 Å². The number of hydrogen-bond donors (Lipinski definition) is 0.